The quantitative estimate of drug-likeness (QED) is 0.666. The molecule has 0 fully saturated rings. The van der Waals surface area contributed by atoms with E-state index in [4.69, 9.17) is 16.3 Å². The monoisotopic (exact) mass is 307 g/mol. The van der Waals surface area contributed by atoms with Gasteiger partial charge in [0.15, 0.2) is 0 Å². The van der Waals surface area contributed by atoms with Crippen molar-refractivity contribution in [3.8, 4) is 0 Å². The van der Waals surface area contributed by atoms with Crippen LogP contribution in [0.2, 0.25) is 5.02 Å². The maximum Gasteiger partial charge on any atom is 0.328 e. The third-order valence-corrected chi connectivity index (χ3v) is 4.14. The predicted molar refractivity (Wildman–Crippen MR) is 86.5 cm³/mol. The van der Waals surface area contributed by atoms with E-state index in [1.165, 1.54) is 12.7 Å². The van der Waals surface area contributed by atoms with Crippen LogP contribution in [0.1, 0.15) is 26.7 Å². The molecular weight excluding hydrogens is 286 g/mol. The standard InChI is InChI=1S/C17H22ClNO2/c1-11-7-12(2)9-13(8-11)16(17(20)21-3)19-15-6-4-5-14(18)10-15/h4-7,10-11,13,16,19H,8-9H2,1-3H3. The van der Waals surface area contributed by atoms with E-state index >= 15 is 0 Å². The fraction of sp³-hybridized carbons (Fsp3) is 0.471. The first-order chi connectivity index (χ1) is 9.99. The average Bonchev–Trinajstić information content (AvgIpc) is 2.43. The Morgan fingerprint density at radius 2 is 2.24 bits per heavy atom. The van der Waals surface area contributed by atoms with Crippen LogP contribution in [0.15, 0.2) is 35.9 Å². The van der Waals surface area contributed by atoms with Crippen LogP contribution in [0.5, 0.6) is 0 Å². The van der Waals surface area contributed by atoms with Crippen molar-refractivity contribution in [1.29, 1.82) is 0 Å². The molecule has 3 nitrogen and oxygen atoms in total. The summed E-state index contributed by atoms with van der Waals surface area (Å²) in [5.41, 5.74) is 2.18. The molecule has 0 saturated carbocycles. The van der Waals surface area contributed by atoms with Crippen molar-refractivity contribution in [2.75, 3.05) is 12.4 Å². The molecule has 0 bridgehead atoms. The number of ether oxygens (including phenoxy) is 1. The molecule has 1 aromatic rings. The minimum Gasteiger partial charge on any atom is -0.467 e. The third kappa shape index (κ3) is 4.24. The number of benzene rings is 1. The second-order valence-corrected chi connectivity index (χ2v) is 6.28. The van der Waals surface area contributed by atoms with Crippen LogP contribution in [0, 0.1) is 11.8 Å². The highest BCUT2D eigenvalue weighted by Gasteiger charge is 2.32. The highest BCUT2D eigenvalue weighted by molar-refractivity contribution is 6.30. The molecule has 0 aromatic heterocycles. The minimum atomic E-state index is -0.348. The summed E-state index contributed by atoms with van der Waals surface area (Å²) < 4.78 is 4.98. The first-order valence-corrected chi connectivity index (χ1v) is 7.64. The van der Waals surface area contributed by atoms with Crippen LogP contribution in [-0.4, -0.2) is 19.1 Å². The Morgan fingerprint density at radius 1 is 1.48 bits per heavy atom. The lowest BCUT2D eigenvalue weighted by molar-refractivity contribution is -0.143. The van der Waals surface area contributed by atoms with E-state index in [-0.39, 0.29) is 17.9 Å². The summed E-state index contributed by atoms with van der Waals surface area (Å²) >= 11 is 6.01. The second kappa shape index (κ2) is 6.99. The van der Waals surface area contributed by atoms with Crippen molar-refractivity contribution in [2.24, 2.45) is 11.8 Å². The molecule has 1 aromatic carbocycles. The summed E-state index contributed by atoms with van der Waals surface area (Å²) in [4.78, 5) is 12.2. The molecule has 0 aliphatic heterocycles. The molecule has 21 heavy (non-hydrogen) atoms. The zero-order valence-corrected chi connectivity index (χ0v) is 13.5. The van der Waals surface area contributed by atoms with Crippen molar-refractivity contribution >= 4 is 23.3 Å². The Bertz CT molecular complexity index is 541. The van der Waals surface area contributed by atoms with Gasteiger partial charge in [0, 0.05) is 10.7 Å². The Balaban J connectivity index is 2.19. The van der Waals surface area contributed by atoms with E-state index in [1.54, 1.807) is 0 Å². The van der Waals surface area contributed by atoms with Crippen molar-refractivity contribution in [3.63, 3.8) is 0 Å². The van der Waals surface area contributed by atoms with Crippen molar-refractivity contribution in [2.45, 2.75) is 32.7 Å². The maximum atomic E-state index is 12.2. The highest BCUT2D eigenvalue weighted by atomic mass is 35.5. The molecule has 3 unspecified atom stereocenters. The Morgan fingerprint density at radius 3 is 2.86 bits per heavy atom. The number of methoxy groups -OCH3 is 1. The molecule has 0 spiro atoms. The van der Waals surface area contributed by atoms with E-state index in [9.17, 15) is 4.79 Å². The van der Waals surface area contributed by atoms with Gasteiger partial charge in [-0.05, 0) is 49.8 Å². The minimum absolute atomic E-state index is 0.220. The zero-order valence-electron chi connectivity index (χ0n) is 12.7. The smallest absolute Gasteiger partial charge is 0.328 e. The fourth-order valence-corrected chi connectivity index (χ4v) is 3.29. The van der Waals surface area contributed by atoms with Gasteiger partial charge in [0.2, 0.25) is 0 Å². The summed E-state index contributed by atoms with van der Waals surface area (Å²) in [6.07, 6.45) is 4.17. The summed E-state index contributed by atoms with van der Waals surface area (Å²) in [6.45, 7) is 4.31. The van der Waals surface area contributed by atoms with Crippen LogP contribution in [0.4, 0.5) is 5.69 Å². The lowest BCUT2D eigenvalue weighted by Gasteiger charge is -2.31. The lowest BCUT2D eigenvalue weighted by atomic mass is 9.79. The van der Waals surface area contributed by atoms with Gasteiger partial charge in [-0.3, -0.25) is 0 Å². The van der Waals surface area contributed by atoms with Gasteiger partial charge in [0.1, 0.15) is 6.04 Å². The number of carbonyl (C=O) groups excluding carboxylic acids is 1. The molecule has 0 heterocycles. The van der Waals surface area contributed by atoms with Crippen LogP contribution in [0.3, 0.4) is 0 Å². The molecule has 1 aliphatic carbocycles. The van der Waals surface area contributed by atoms with Crippen LogP contribution in [-0.2, 0) is 9.53 Å². The van der Waals surface area contributed by atoms with Gasteiger partial charge in [-0.2, -0.15) is 0 Å². The molecule has 3 atom stereocenters. The lowest BCUT2D eigenvalue weighted by Crippen LogP contribution is -2.39. The number of halogens is 1. The van der Waals surface area contributed by atoms with E-state index in [0.717, 1.165) is 18.5 Å². The molecule has 1 N–H and O–H groups in total. The normalized spacial score (nSPS) is 23.1. The van der Waals surface area contributed by atoms with Crippen LogP contribution < -0.4 is 5.32 Å². The Hall–Kier alpha value is -1.48. The largest absolute Gasteiger partial charge is 0.467 e. The van der Waals surface area contributed by atoms with E-state index in [0.29, 0.717) is 10.9 Å². The maximum absolute atomic E-state index is 12.2. The molecule has 0 saturated heterocycles. The molecule has 1 aliphatic rings. The Labute approximate surface area is 131 Å². The number of allylic oxidation sites excluding steroid dienone is 2. The number of anilines is 1. The number of esters is 1. The zero-order chi connectivity index (χ0) is 15.4. The summed E-state index contributed by atoms with van der Waals surface area (Å²) in [7, 11) is 1.43. The number of hydrogen-bond donors (Lipinski definition) is 1. The van der Waals surface area contributed by atoms with E-state index < -0.39 is 0 Å². The van der Waals surface area contributed by atoms with Gasteiger partial charge in [-0.25, -0.2) is 4.79 Å². The topological polar surface area (TPSA) is 38.3 Å². The van der Waals surface area contributed by atoms with Crippen molar-refractivity contribution in [1.82, 2.24) is 0 Å². The molecule has 114 valence electrons. The summed E-state index contributed by atoms with van der Waals surface area (Å²) in [5.74, 6) is 0.496. The number of hydrogen-bond acceptors (Lipinski definition) is 3. The van der Waals surface area contributed by atoms with Crippen molar-refractivity contribution < 1.29 is 9.53 Å². The average molecular weight is 308 g/mol. The third-order valence-electron chi connectivity index (χ3n) is 3.90. The van der Waals surface area contributed by atoms with E-state index in [1.807, 2.05) is 24.3 Å². The molecule has 2 rings (SSSR count). The summed E-state index contributed by atoms with van der Waals surface area (Å²) in [6, 6.07) is 7.08. The molecule has 0 amide bonds. The van der Waals surface area contributed by atoms with Gasteiger partial charge in [-0.15, -0.1) is 0 Å². The molecular formula is C17H22ClNO2. The Kier molecular flexibility index (Phi) is 5.29. The highest BCUT2D eigenvalue weighted by Crippen LogP contribution is 2.32. The first kappa shape index (κ1) is 15.9. The number of carbonyl (C=O) groups is 1. The molecule has 0 radical (unpaired) electrons. The fourth-order valence-electron chi connectivity index (χ4n) is 3.10. The number of rotatable bonds is 4. The SMILES string of the molecule is COC(=O)C(Nc1cccc(Cl)c1)C1CC(C)=CC(C)C1. The first-order valence-electron chi connectivity index (χ1n) is 7.27. The second-order valence-electron chi connectivity index (χ2n) is 5.85. The van der Waals surface area contributed by atoms with Gasteiger partial charge in [0.05, 0.1) is 7.11 Å². The van der Waals surface area contributed by atoms with Gasteiger partial charge in [0.25, 0.3) is 0 Å². The van der Waals surface area contributed by atoms with Gasteiger partial charge in [-0.1, -0.05) is 36.2 Å². The summed E-state index contributed by atoms with van der Waals surface area (Å²) in [5, 5.41) is 3.94. The van der Waals surface area contributed by atoms with E-state index in [2.05, 4.69) is 25.2 Å². The molecule has 4 heteroatoms. The van der Waals surface area contributed by atoms with Crippen LogP contribution >= 0.6 is 11.6 Å². The van der Waals surface area contributed by atoms with Gasteiger partial charge < -0.3 is 10.1 Å². The van der Waals surface area contributed by atoms with Crippen molar-refractivity contribution in [3.05, 3.63) is 40.9 Å². The van der Waals surface area contributed by atoms with Crippen LogP contribution in [0.25, 0.3) is 0 Å². The van der Waals surface area contributed by atoms with Gasteiger partial charge >= 0.3 is 5.97 Å². The number of nitrogens with one attached hydrogen (secondary N) is 1. The predicted octanol–water partition coefficient (Wildman–Crippen LogP) is 4.29.